The normalized spacial score (nSPS) is 12.7. The zero-order valence-corrected chi connectivity index (χ0v) is 13.8. The fourth-order valence-electron chi connectivity index (χ4n) is 2.56. The number of hydrogen-bond donors (Lipinski definition) is 1. The van der Waals surface area contributed by atoms with Crippen LogP contribution in [0.4, 0.5) is 0 Å². The Morgan fingerprint density at radius 2 is 1.95 bits per heavy atom. The van der Waals surface area contributed by atoms with Gasteiger partial charge < -0.3 is 9.72 Å². The largest absolute Gasteiger partial charge is 0.305 e. The van der Waals surface area contributed by atoms with Gasteiger partial charge in [-0.1, -0.05) is 40.2 Å². The fraction of sp³-hybridized carbons (Fsp3) is 0.235. The second kappa shape index (κ2) is 6.00. The van der Waals surface area contributed by atoms with Gasteiger partial charge >= 0.3 is 0 Å². The number of imidazole rings is 1. The van der Waals surface area contributed by atoms with Crippen LogP contribution in [0.25, 0.3) is 5.65 Å². The maximum atomic E-state index is 4.60. The molecule has 1 aromatic carbocycles. The number of aryl methyl sites for hydroxylation is 1. The van der Waals surface area contributed by atoms with Gasteiger partial charge in [0.2, 0.25) is 0 Å². The third kappa shape index (κ3) is 2.87. The maximum Gasteiger partial charge on any atom is 0.137 e. The molecule has 0 aliphatic carbocycles. The lowest BCUT2D eigenvalue weighted by Crippen LogP contribution is -2.19. The molecule has 0 bridgehead atoms. The standard InChI is InChI=1S/C17H18BrN3/c1-12(14-7-3-4-8-15(14)18)19-11-16-13(2)20-17-9-5-6-10-21(16)17/h3-10,12,19H,11H2,1-2H3/t12-/m0/s1. The zero-order valence-electron chi connectivity index (χ0n) is 12.2. The zero-order chi connectivity index (χ0) is 14.8. The molecule has 2 heterocycles. The summed E-state index contributed by atoms with van der Waals surface area (Å²) in [5, 5.41) is 3.58. The molecule has 4 heteroatoms. The van der Waals surface area contributed by atoms with Gasteiger partial charge in [-0.15, -0.1) is 0 Å². The summed E-state index contributed by atoms with van der Waals surface area (Å²) in [4.78, 5) is 4.60. The number of fused-ring (bicyclic) bond motifs is 1. The molecule has 0 saturated heterocycles. The molecule has 0 unspecified atom stereocenters. The Labute approximate surface area is 133 Å². The van der Waals surface area contributed by atoms with Crippen LogP contribution in [0.5, 0.6) is 0 Å². The average Bonchev–Trinajstić information content (AvgIpc) is 2.81. The molecule has 1 N–H and O–H groups in total. The number of pyridine rings is 1. The van der Waals surface area contributed by atoms with Crippen molar-refractivity contribution in [3.8, 4) is 0 Å². The van der Waals surface area contributed by atoms with Gasteiger partial charge in [0, 0.05) is 23.3 Å². The maximum absolute atomic E-state index is 4.60. The van der Waals surface area contributed by atoms with Crippen molar-refractivity contribution in [1.29, 1.82) is 0 Å². The molecule has 0 spiro atoms. The van der Waals surface area contributed by atoms with E-state index in [-0.39, 0.29) is 6.04 Å². The van der Waals surface area contributed by atoms with Crippen LogP contribution in [0.1, 0.15) is 29.9 Å². The highest BCUT2D eigenvalue weighted by atomic mass is 79.9. The SMILES string of the molecule is Cc1nc2ccccn2c1CN[C@@H](C)c1ccccc1Br. The highest BCUT2D eigenvalue weighted by Crippen LogP contribution is 2.23. The molecule has 1 atom stereocenters. The Hall–Kier alpha value is -1.65. The van der Waals surface area contributed by atoms with Crippen LogP contribution in [0.15, 0.2) is 53.1 Å². The van der Waals surface area contributed by atoms with E-state index < -0.39 is 0 Å². The summed E-state index contributed by atoms with van der Waals surface area (Å²) in [6.07, 6.45) is 2.06. The Morgan fingerprint density at radius 1 is 1.19 bits per heavy atom. The van der Waals surface area contributed by atoms with E-state index in [2.05, 4.69) is 68.9 Å². The number of aromatic nitrogens is 2. The van der Waals surface area contributed by atoms with Crippen molar-refractivity contribution < 1.29 is 0 Å². The quantitative estimate of drug-likeness (QED) is 0.766. The molecule has 0 radical (unpaired) electrons. The molecular formula is C17H18BrN3. The van der Waals surface area contributed by atoms with Crippen LogP contribution >= 0.6 is 15.9 Å². The van der Waals surface area contributed by atoms with Crippen LogP contribution in [-0.4, -0.2) is 9.38 Å². The Kier molecular flexibility index (Phi) is 4.08. The molecule has 3 nitrogen and oxygen atoms in total. The smallest absolute Gasteiger partial charge is 0.137 e. The van der Waals surface area contributed by atoms with E-state index in [1.807, 2.05) is 24.3 Å². The van der Waals surface area contributed by atoms with E-state index in [1.165, 1.54) is 11.3 Å². The predicted molar refractivity (Wildman–Crippen MR) is 89.3 cm³/mol. The van der Waals surface area contributed by atoms with Gasteiger partial charge in [0.25, 0.3) is 0 Å². The second-order valence-corrected chi connectivity index (χ2v) is 6.05. The lowest BCUT2D eigenvalue weighted by atomic mass is 10.1. The van der Waals surface area contributed by atoms with Crippen molar-refractivity contribution in [3.05, 3.63) is 70.1 Å². The molecule has 3 rings (SSSR count). The summed E-state index contributed by atoms with van der Waals surface area (Å²) in [6, 6.07) is 14.7. The lowest BCUT2D eigenvalue weighted by molar-refractivity contribution is 0.562. The number of hydrogen-bond acceptors (Lipinski definition) is 2. The van der Waals surface area contributed by atoms with Gasteiger partial charge in [0.15, 0.2) is 0 Å². The van der Waals surface area contributed by atoms with E-state index in [0.29, 0.717) is 0 Å². The Morgan fingerprint density at radius 3 is 2.76 bits per heavy atom. The molecule has 0 aliphatic heterocycles. The van der Waals surface area contributed by atoms with E-state index in [9.17, 15) is 0 Å². The van der Waals surface area contributed by atoms with E-state index in [1.54, 1.807) is 0 Å². The minimum atomic E-state index is 0.272. The van der Waals surface area contributed by atoms with Gasteiger partial charge in [-0.2, -0.15) is 0 Å². The Bertz CT molecular complexity index is 764. The van der Waals surface area contributed by atoms with Gasteiger partial charge in [0.05, 0.1) is 11.4 Å². The molecule has 0 saturated carbocycles. The minimum Gasteiger partial charge on any atom is -0.305 e. The number of rotatable bonds is 4. The molecule has 0 aliphatic rings. The first-order valence-corrected chi connectivity index (χ1v) is 7.86. The summed E-state index contributed by atoms with van der Waals surface area (Å²) in [7, 11) is 0. The fourth-order valence-corrected chi connectivity index (χ4v) is 3.19. The van der Waals surface area contributed by atoms with Crippen molar-refractivity contribution in [2.24, 2.45) is 0 Å². The van der Waals surface area contributed by atoms with Crippen LogP contribution in [-0.2, 0) is 6.54 Å². The number of nitrogens with one attached hydrogen (secondary N) is 1. The third-order valence-corrected chi connectivity index (χ3v) is 4.50. The summed E-state index contributed by atoms with van der Waals surface area (Å²) in [5.41, 5.74) is 4.56. The van der Waals surface area contributed by atoms with Crippen LogP contribution in [0.2, 0.25) is 0 Å². The van der Waals surface area contributed by atoms with Crippen molar-refractivity contribution in [2.75, 3.05) is 0 Å². The second-order valence-electron chi connectivity index (χ2n) is 5.20. The molecule has 21 heavy (non-hydrogen) atoms. The number of halogens is 1. The minimum absolute atomic E-state index is 0.272. The topological polar surface area (TPSA) is 29.3 Å². The summed E-state index contributed by atoms with van der Waals surface area (Å²) in [5.74, 6) is 0. The van der Waals surface area contributed by atoms with Crippen molar-refractivity contribution in [2.45, 2.75) is 26.4 Å². The van der Waals surface area contributed by atoms with Crippen molar-refractivity contribution in [3.63, 3.8) is 0 Å². The summed E-state index contributed by atoms with van der Waals surface area (Å²) < 4.78 is 3.29. The van der Waals surface area contributed by atoms with Gasteiger partial charge in [-0.25, -0.2) is 4.98 Å². The summed E-state index contributed by atoms with van der Waals surface area (Å²) >= 11 is 3.61. The highest BCUT2D eigenvalue weighted by molar-refractivity contribution is 9.10. The van der Waals surface area contributed by atoms with Gasteiger partial charge in [-0.05, 0) is 37.6 Å². The van der Waals surface area contributed by atoms with Gasteiger partial charge in [0.1, 0.15) is 5.65 Å². The first kappa shape index (κ1) is 14.3. The van der Waals surface area contributed by atoms with E-state index in [0.717, 1.165) is 22.4 Å². The summed E-state index contributed by atoms with van der Waals surface area (Å²) in [6.45, 7) is 5.03. The molecule has 2 aromatic heterocycles. The van der Waals surface area contributed by atoms with E-state index >= 15 is 0 Å². The van der Waals surface area contributed by atoms with Crippen molar-refractivity contribution in [1.82, 2.24) is 14.7 Å². The average molecular weight is 344 g/mol. The van der Waals surface area contributed by atoms with Crippen molar-refractivity contribution >= 4 is 21.6 Å². The Balaban J connectivity index is 1.81. The van der Waals surface area contributed by atoms with Crippen LogP contribution in [0.3, 0.4) is 0 Å². The van der Waals surface area contributed by atoms with Gasteiger partial charge in [-0.3, -0.25) is 0 Å². The third-order valence-electron chi connectivity index (χ3n) is 3.78. The first-order chi connectivity index (χ1) is 10.2. The molecule has 0 amide bonds. The molecule has 0 fully saturated rings. The monoisotopic (exact) mass is 343 g/mol. The predicted octanol–water partition coefficient (Wildman–Crippen LogP) is 4.26. The van der Waals surface area contributed by atoms with E-state index in [4.69, 9.17) is 0 Å². The molecule has 3 aromatic rings. The number of benzene rings is 1. The highest BCUT2D eigenvalue weighted by Gasteiger charge is 2.12. The number of nitrogens with zero attached hydrogens (tertiary/aromatic N) is 2. The molecule has 108 valence electrons. The lowest BCUT2D eigenvalue weighted by Gasteiger charge is -2.16. The van der Waals surface area contributed by atoms with Crippen LogP contribution < -0.4 is 5.32 Å². The molecular weight excluding hydrogens is 326 g/mol. The first-order valence-electron chi connectivity index (χ1n) is 7.07. The van der Waals surface area contributed by atoms with Crippen LogP contribution in [0, 0.1) is 6.92 Å².